The minimum absolute atomic E-state index is 0.0231. The van der Waals surface area contributed by atoms with Gasteiger partial charge in [-0.05, 0) is 26.2 Å². The molecule has 0 rings (SSSR count). The van der Waals surface area contributed by atoms with Gasteiger partial charge in [-0.2, -0.15) is 0 Å². The van der Waals surface area contributed by atoms with E-state index < -0.39 is 0 Å². The smallest absolute Gasteiger partial charge is 0.318 e. The molecule has 42 heavy (non-hydrogen) atoms. The Morgan fingerprint density at radius 3 is 1.02 bits per heavy atom. The highest BCUT2D eigenvalue weighted by molar-refractivity contribution is 5.75. The van der Waals surface area contributed by atoms with Crippen LogP contribution < -0.4 is 10.6 Å². The maximum absolute atomic E-state index is 12.3. The number of amides is 2. The van der Waals surface area contributed by atoms with Crippen LogP contribution in [0.15, 0.2) is 11.8 Å². The van der Waals surface area contributed by atoms with Gasteiger partial charge in [-0.3, -0.25) is 0 Å². The van der Waals surface area contributed by atoms with E-state index >= 15 is 0 Å². The van der Waals surface area contributed by atoms with Crippen LogP contribution in [-0.4, -0.2) is 12.6 Å². The van der Waals surface area contributed by atoms with E-state index in [4.69, 9.17) is 0 Å². The topological polar surface area (TPSA) is 41.1 Å². The average molecular weight is 591 g/mol. The van der Waals surface area contributed by atoms with Gasteiger partial charge in [0.15, 0.2) is 0 Å². The molecule has 3 nitrogen and oxygen atoms in total. The number of allylic oxidation sites excluding steroid dienone is 2. The molecule has 0 heterocycles. The van der Waals surface area contributed by atoms with Crippen molar-refractivity contribution in [1.82, 2.24) is 10.6 Å². The Morgan fingerprint density at radius 1 is 0.429 bits per heavy atom. The molecule has 0 fully saturated rings. The highest BCUT2D eigenvalue weighted by Crippen LogP contribution is 2.15. The second kappa shape index (κ2) is 36.2. The van der Waals surface area contributed by atoms with Crippen LogP contribution in [0.2, 0.25) is 0 Å². The SMILES string of the molecule is CC=C(CCCCCCCCCCCCCCCCC)NC(=O)NCCCCCCCCCCCCCCCCCC. The molecule has 2 amide bonds. The molecular weight excluding hydrogens is 512 g/mol. The molecule has 0 radical (unpaired) electrons. The van der Waals surface area contributed by atoms with Crippen LogP contribution in [0, 0.1) is 0 Å². The van der Waals surface area contributed by atoms with Crippen LogP contribution in [0.5, 0.6) is 0 Å². The van der Waals surface area contributed by atoms with E-state index in [1.54, 1.807) is 0 Å². The molecule has 3 heteroatoms. The predicted molar refractivity (Wildman–Crippen MR) is 189 cm³/mol. The average Bonchev–Trinajstić information content (AvgIpc) is 3.00. The molecule has 0 unspecified atom stereocenters. The zero-order valence-electron chi connectivity index (χ0n) is 29.3. The molecule has 0 aromatic carbocycles. The lowest BCUT2D eigenvalue weighted by Gasteiger charge is -2.11. The van der Waals surface area contributed by atoms with Gasteiger partial charge in [0.05, 0.1) is 0 Å². The summed E-state index contributed by atoms with van der Waals surface area (Å²) >= 11 is 0. The molecule has 0 atom stereocenters. The minimum Gasteiger partial charge on any atom is -0.338 e. The van der Waals surface area contributed by atoms with Crippen molar-refractivity contribution in [2.24, 2.45) is 0 Å². The fourth-order valence-electron chi connectivity index (χ4n) is 6.03. The zero-order valence-corrected chi connectivity index (χ0v) is 29.3. The van der Waals surface area contributed by atoms with Crippen LogP contribution >= 0.6 is 0 Å². The molecule has 0 saturated carbocycles. The van der Waals surface area contributed by atoms with Gasteiger partial charge in [0.25, 0.3) is 0 Å². The zero-order chi connectivity index (χ0) is 30.6. The lowest BCUT2D eigenvalue weighted by atomic mass is 10.0. The van der Waals surface area contributed by atoms with E-state index in [-0.39, 0.29) is 6.03 Å². The van der Waals surface area contributed by atoms with Crippen molar-refractivity contribution in [2.75, 3.05) is 6.54 Å². The third-order valence-corrected chi connectivity index (χ3v) is 8.99. The first-order valence-corrected chi connectivity index (χ1v) is 19.4. The Kier molecular flexibility index (Phi) is 35.3. The number of urea groups is 1. The molecule has 2 N–H and O–H groups in total. The lowest BCUT2D eigenvalue weighted by Crippen LogP contribution is -2.35. The van der Waals surface area contributed by atoms with Crippen molar-refractivity contribution in [3.8, 4) is 0 Å². The summed E-state index contributed by atoms with van der Waals surface area (Å²) in [6.45, 7) is 7.41. The van der Waals surface area contributed by atoms with E-state index in [2.05, 4.69) is 30.6 Å². The van der Waals surface area contributed by atoms with Crippen LogP contribution in [-0.2, 0) is 0 Å². The van der Waals surface area contributed by atoms with Crippen molar-refractivity contribution in [3.05, 3.63) is 11.8 Å². The number of hydrogen-bond donors (Lipinski definition) is 2. The Labute approximate surface area is 265 Å². The van der Waals surface area contributed by atoms with Gasteiger partial charge in [0, 0.05) is 12.2 Å². The summed E-state index contributed by atoms with van der Waals surface area (Å²) < 4.78 is 0. The summed E-state index contributed by atoms with van der Waals surface area (Å²) in [7, 11) is 0. The summed E-state index contributed by atoms with van der Waals surface area (Å²) in [5.41, 5.74) is 1.08. The highest BCUT2D eigenvalue weighted by atomic mass is 16.2. The minimum atomic E-state index is -0.0231. The Bertz CT molecular complexity index is 559. The molecular formula is C39H78N2O. The second-order valence-corrected chi connectivity index (χ2v) is 13.2. The molecule has 0 aromatic heterocycles. The molecule has 0 saturated heterocycles. The molecule has 0 aliphatic heterocycles. The van der Waals surface area contributed by atoms with Crippen LogP contribution in [0.1, 0.15) is 226 Å². The summed E-state index contributed by atoms with van der Waals surface area (Å²) in [4.78, 5) is 12.3. The summed E-state index contributed by atoms with van der Waals surface area (Å²) in [5, 5.41) is 6.14. The molecule has 250 valence electrons. The summed E-state index contributed by atoms with van der Waals surface area (Å²) in [5.74, 6) is 0. The van der Waals surface area contributed by atoms with Crippen molar-refractivity contribution in [2.45, 2.75) is 226 Å². The molecule has 0 spiro atoms. The Morgan fingerprint density at radius 2 is 0.714 bits per heavy atom. The van der Waals surface area contributed by atoms with E-state index in [1.165, 1.54) is 193 Å². The number of nitrogens with one attached hydrogen (secondary N) is 2. The number of hydrogen-bond acceptors (Lipinski definition) is 1. The summed E-state index contributed by atoms with van der Waals surface area (Å²) in [6.07, 6.45) is 46.0. The third kappa shape index (κ3) is 33.5. The summed E-state index contributed by atoms with van der Waals surface area (Å²) in [6, 6.07) is -0.0231. The van der Waals surface area contributed by atoms with Crippen molar-refractivity contribution in [3.63, 3.8) is 0 Å². The van der Waals surface area contributed by atoms with Gasteiger partial charge < -0.3 is 10.6 Å². The van der Waals surface area contributed by atoms with E-state index in [0.29, 0.717) is 0 Å². The number of unbranched alkanes of at least 4 members (excludes halogenated alkanes) is 29. The normalized spacial score (nSPS) is 11.7. The first-order valence-electron chi connectivity index (χ1n) is 19.4. The fraction of sp³-hybridized carbons (Fsp3) is 0.923. The maximum Gasteiger partial charge on any atom is 0.318 e. The standard InChI is InChI=1S/C39H78N2O/c1-4-7-9-11-13-15-17-19-21-23-25-27-29-31-33-35-37-40-39(42)41-38(6-3)36-34-32-30-28-26-24-22-20-18-16-14-12-10-8-5-2/h6H,4-5,7-37H2,1-3H3,(H2,40,41,42). The number of carbonyl (C=O) groups is 1. The van der Waals surface area contributed by atoms with E-state index in [1.807, 2.05) is 6.92 Å². The Balaban J connectivity index is 3.38. The van der Waals surface area contributed by atoms with Gasteiger partial charge in [0.1, 0.15) is 0 Å². The molecule has 0 bridgehead atoms. The number of rotatable bonds is 34. The first-order chi connectivity index (χ1) is 20.7. The largest absolute Gasteiger partial charge is 0.338 e. The molecule has 0 aliphatic rings. The van der Waals surface area contributed by atoms with E-state index in [0.717, 1.165) is 25.1 Å². The number of carbonyl (C=O) groups excluding carboxylic acids is 1. The lowest BCUT2D eigenvalue weighted by molar-refractivity contribution is 0.242. The van der Waals surface area contributed by atoms with Crippen LogP contribution in [0.4, 0.5) is 4.79 Å². The monoisotopic (exact) mass is 591 g/mol. The predicted octanol–water partition coefficient (Wildman–Crippen LogP) is 13.7. The fourth-order valence-corrected chi connectivity index (χ4v) is 6.03. The van der Waals surface area contributed by atoms with Gasteiger partial charge >= 0.3 is 6.03 Å². The highest BCUT2D eigenvalue weighted by Gasteiger charge is 2.04. The maximum atomic E-state index is 12.3. The van der Waals surface area contributed by atoms with Gasteiger partial charge in [-0.25, -0.2) is 4.79 Å². The molecule has 0 aliphatic carbocycles. The van der Waals surface area contributed by atoms with Crippen molar-refractivity contribution >= 4 is 6.03 Å². The van der Waals surface area contributed by atoms with Gasteiger partial charge in [0.2, 0.25) is 0 Å². The Hall–Kier alpha value is -0.990. The van der Waals surface area contributed by atoms with E-state index in [9.17, 15) is 4.79 Å². The van der Waals surface area contributed by atoms with Crippen LogP contribution in [0.3, 0.4) is 0 Å². The van der Waals surface area contributed by atoms with Crippen molar-refractivity contribution < 1.29 is 4.79 Å². The second-order valence-electron chi connectivity index (χ2n) is 13.2. The van der Waals surface area contributed by atoms with Crippen molar-refractivity contribution in [1.29, 1.82) is 0 Å². The molecule has 0 aromatic rings. The third-order valence-electron chi connectivity index (χ3n) is 8.99. The van der Waals surface area contributed by atoms with Gasteiger partial charge in [-0.1, -0.05) is 206 Å². The van der Waals surface area contributed by atoms with Gasteiger partial charge in [-0.15, -0.1) is 0 Å². The quantitative estimate of drug-likeness (QED) is 0.0719. The van der Waals surface area contributed by atoms with Crippen LogP contribution in [0.25, 0.3) is 0 Å². The first kappa shape index (κ1) is 41.0.